The maximum atomic E-state index is 12.6. The number of carbonyl (C=O) groups is 1. The number of alkyl halides is 3. The van der Waals surface area contributed by atoms with E-state index in [1.54, 1.807) is 20.2 Å². The molecule has 0 aliphatic carbocycles. The average Bonchev–Trinajstić information content (AvgIpc) is 2.61. The van der Waals surface area contributed by atoms with E-state index in [0.717, 1.165) is 11.1 Å². The molecule has 4 nitrogen and oxygen atoms in total. The van der Waals surface area contributed by atoms with Gasteiger partial charge in [0.05, 0.1) is 14.2 Å². The van der Waals surface area contributed by atoms with Gasteiger partial charge in [-0.05, 0) is 66.2 Å². The Balaban J connectivity index is 2.14. The van der Waals surface area contributed by atoms with Gasteiger partial charge in [0.1, 0.15) is 0 Å². The molecule has 0 fully saturated rings. The summed E-state index contributed by atoms with van der Waals surface area (Å²) in [6.07, 6.45) is 0. The van der Waals surface area contributed by atoms with Gasteiger partial charge in [0.15, 0.2) is 11.5 Å². The minimum Gasteiger partial charge on any atom is -0.493 e. The summed E-state index contributed by atoms with van der Waals surface area (Å²) in [7, 11) is 4.72. The number of nitrogens with zero attached hydrogens (tertiary/aromatic N) is 1. The standard InChI is InChI=1S/C19H20F3NO3S/c1-12-9-16(25-3)17(26-4)10-14(12)11-23(2)18(24)13-5-7-15(8-6-13)27-19(20,21)22/h5-10H,11H2,1-4H3. The van der Waals surface area contributed by atoms with Crippen LogP contribution in [0.5, 0.6) is 11.5 Å². The molecule has 1 amide bonds. The highest BCUT2D eigenvalue weighted by molar-refractivity contribution is 8.00. The Morgan fingerprint density at radius 3 is 2.15 bits per heavy atom. The fourth-order valence-corrected chi connectivity index (χ4v) is 3.08. The molecule has 0 N–H and O–H groups in total. The number of halogens is 3. The molecule has 0 aliphatic heterocycles. The lowest BCUT2D eigenvalue weighted by molar-refractivity contribution is -0.0328. The molecule has 2 aromatic carbocycles. The molecule has 0 aromatic heterocycles. The van der Waals surface area contributed by atoms with Gasteiger partial charge < -0.3 is 14.4 Å². The fraction of sp³-hybridized carbons (Fsp3) is 0.316. The Morgan fingerprint density at radius 2 is 1.63 bits per heavy atom. The van der Waals surface area contributed by atoms with Gasteiger partial charge in [-0.1, -0.05) is 0 Å². The largest absolute Gasteiger partial charge is 0.493 e. The maximum absolute atomic E-state index is 12.6. The molecular weight excluding hydrogens is 379 g/mol. The number of carbonyl (C=O) groups excluding carboxylic acids is 1. The Bertz CT molecular complexity index is 807. The van der Waals surface area contributed by atoms with Crippen LogP contribution in [0.4, 0.5) is 13.2 Å². The van der Waals surface area contributed by atoms with Crippen LogP contribution in [-0.2, 0) is 6.54 Å². The molecule has 2 aromatic rings. The van der Waals surface area contributed by atoms with E-state index < -0.39 is 5.51 Å². The minimum absolute atomic E-state index is 0.0393. The molecule has 27 heavy (non-hydrogen) atoms. The summed E-state index contributed by atoms with van der Waals surface area (Å²) in [5, 5.41) is 0. The van der Waals surface area contributed by atoms with Crippen LogP contribution in [0.1, 0.15) is 21.5 Å². The second-order valence-electron chi connectivity index (χ2n) is 5.87. The number of benzene rings is 2. The van der Waals surface area contributed by atoms with Gasteiger partial charge in [-0.15, -0.1) is 0 Å². The summed E-state index contributed by atoms with van der Waals surface area (Å²) in [6, 6.07) is 9.02. The zero-order valence-electron chi connectivity index (χ0n) is 15.4. The summed E-state index contributed by atoms with van der Waals surface area (Å²) < 4.78 is 47.7. The van der Waals surface area contributed by atoms with Crippen LogP contribution in [0, 0.1) is 6.92 Å². The molecule has 0 spiro atoms. The van der Waals surface area contributed by atoms with Gasteiger partial charge in [0.25, 0.3) is 5.91 Å². The van der Waals surface area contributed by atoms with E-state index in [4.69, 9.17) is 9.47 Å². The second-order valence-corrected chi connectivity index (χ2v) is 7.01. The SMILES string of the molecule is COc1cc(C)c(CN(C)C(=O)c2ccc(SC(F)(F)F)cc2)cc1OC. The first-order chi connectivity index (χ1) is 12.6. The van der Waals surface area contributed by atoms with Crippen LogP contribution in [-0.4, -0.2) is 37.6 Å². The fourth-order valence-electron chi connectivity index (χ4n) is 2.54. The van der Waals surface area contributed by atoms with Gasteiger partial charge in [0, 0.05) is 24.1 Å². The molecule has 0 unspecified atom stereocenters. The van der Waals surface area contributed by atoms with Crippen LogP contribution in [0.25, 0.3) is 0 Å². The monoisotopic (exact) mass is 399 g/mol. The Hall–Kier alpha value is -2.35. The second kappa shape index (κ2) is 8.56. The smallest absolute Gasteiger partial charge is 0.446 e. The van der Waals surface area contributed by atoms with E-state index in [2.05, 4.69) is 0 Å². The highest BCUT2D eigenvalue weighted by Crippen LogP contribution is 2.36. The summed E-state index contributed by atoms with van der Waals surface area (Å²) >= 11 is -0.209. The van der Waals surface area contributed by atoms with Gasteiger partial charge in [-0.2, -0.15) is 13.2 Å². The van der Waals surface area contributed by atoms with Crippen LogP contribution < -0.4 is 9.47 Å². The van der Waals surface area contributed by atoms with Crippen molar-refractivity contribution in [1.82, 2.24) is 4.90 Å². The molecule has 0 aliphatic rings. The quantitative estimate of drug-likeness (QED) is 0.648. The molecule has 146 valence electrons. The lowest BCUT2D eigenvalue weighted by Crippen LogP contribution is -2.26. The van der Waals surface area contributed by atoms with Crippen LogP contribution in [0.3, 0.4) is 0 Å². The van der Waals surface area contributed by atoms with Crippen molar-refractivity contribution in [2.75, 3.05) is 21.3 Å². The summed E-state index contributed by atoms with van der Waals surface area (Å²) in [5.41, 5.74) is -2.22. The molecule has 2 rings (SSSR count). The zero-order valence-corrected chi connectivity index (χ0v) is 16.2. The van der Waals surface area contributed by atoms with Crippen LogP contribution in [0.15, 0.2) is 41.3 Å². The molecular formula is C19H20F3NO3S. The molecule has 0 heterocycles. The summed E-state index contributed by atoms with van der Waals surface area (Å²) in [5.74, 6) is 0.880. The van der Waals surface area contributed by atoms with Crippen molar-refractivity contribution in [1.29, 1.82) is 0 Å². The number of thioether (sulfide) groups is 1. The number of ether oxygens (including phenoxy) is 2. The van der Waals surface area contributed by atoms with E-state index >= 15 is 0 Å². The van der Waals surface area contributed by atoms with Crippen LogP contribution >= 0.6 is 11.8 Å². The third-order valence-corrected chi connectivity index (χ3v) is 4.67. The topological polar surface area (TPSA) is 38.8 Å². The van der Waals surface area contributed by atoms with Crippen molar-refractivity contribution in [3.8, 4) is 11.5 Å². The predicted molar refractivity (Wildman–Crippen MR) is 98.4 cm³/mol. The minimum atomic E-state index is -4.35. The number of amides is 1. The normalized spacial score (nSPS) is 11.2. The van der Waals surface area contributed by atoms with Crippen molar-refractivity contribution in [2.45, 2.75) is 23.9 Å². The number of aryl methyl sites for hydroxylation is 1. The third kappa shape index (κ3) is 5.56. The molecule has 8 heteroatoms. The van der Waals surface area contributed by atoms with E-state index in [1.807, 2.05) is 13.0 Å². The van der Waals surface area contributed by atoms with Crippen molar-refractivity contribution in [2.24, 2.45) is 0 Å². The summed E-state index contributed by atoms with van der Waals surface area (Å²) in [6.45, 7) is 2.23. The molecule has 0 bridgehead atoms. The van der Waals surface area contributed by atoms with Gasteiger partial charge >= 0.3 is 5.51 Å². The average molecular weight is 399 g/mol. The Morgan fingerprint density at radius 1 is 1.07 bits per heavy atom. The van der Waals surface area contributed by atoms with E-state index in [-0.39, 0.29) is 22.6 Å². The lowest BCUT2D eigenvalue weighted by atomic mass is 10.1. The highest BCUT2D eigenvalue weighted by Gasteiger charge is 2.29. The zero-order chi connectivity index (χ0) is 20.2. The van der Waals surface area contributed by atoms with Gasteiger partial charge in [-0.25, -0.2) is 0 Å². The first-order valence-electron chi connectivity index (χ1n) is 7.97. The number of hydrogen-bond donors (Lipinski definition) is 0. The lowest BCUT2D eigenvalue weighted by Gasteiger charge is -2.20. The van der Waals surface area contributed by atoms with Gasteiger partial charge in [0.2, 0.25) is 0 Å². The van der Waals surface area contributed by atoms with Crippen molar-refractivity contribution < 1.29 is 27.4 Å². The van der Waals surface area contributed by atoms with E-state index in [1.165, 1.54) is 36.3 Å². The Labute approximate surface area is 160 Å². The first kappa shape index (κ1) is 21.0. The Kier molecular flexibility index (Phi) is 6.64. The molecule has 0 saturated carbocycles. The van der Waals surface area contributed by atoms with Gasteiger partial charge in [-0.3, -0.25) is 4.79 Å². The molecule has 0 saturated heterocycles. The molecule has 0 atom stereocenters. The van der Waals surface area contributed by atoms with E-state index in [0.29, 0.717) is 23.6 Å². The van der Waals surface area contributed by atoms with E-state index in [9.17, 15) is 18.0 Å². The number of rotatable bonds is 6. The van der Waals surface area contributed by atoms with Crippen LogP contribution in [0.2, 0.25) is 0 Å². The van der Waals surface area contributed by atoms with Crippen molar-refractivity contribution >= 4 is 17.7 Å². The molecule has 0 radical (unpaired) electrons. The number of methoxy groups -OCH3 is 2. The van der Waals surface area contributed by atoms with Crippen molar-refractivity contribution in [3.63, 3.8) is 0 Å². The third-order valence-electron chi connectivity index (χ3n) is 3.93. The predicted octanol–water partition coefficient (Wildman–Crippen LogP) is 4.90. The number of hydrogen-bond acceptors (Lipinski definition) is 4. The maximum Gasteiger partial charge on any atom is 0.446 e. The first-order valence-corrected chi connectivity index (χ1v) is 8.79. The van der Waals surface area contributed by atoms with Crippen molar-refractivity contribution in [3.05, 3.63) is 53.1 Å². The summed E-state index contributed by atoms with van der Waals surface area (Å²) in [4.78, 5) is 14.1. The highest BCUT2D eigenvalue weighted by atomic mass is 32.2.